The summed E-state index contributed by atoms with van der Waals surface area (Å²) in [5.41, 5.74) is 6.69. The van der Waals surface area contributed by atoms with Crippen LogP contribution in [0.1, 0.15) is 18.4 Å². The molecule has 1 aromatic rings. The minimum atomic E-state index is -0.402. The van der Waals surface area contributed by atoms with Crippen LogP contribution in [0, 0.1) is 16.0 Å². The number of rotatable bonds is 5. The lowest BCUT2D eigenvalue weighted by molar-refractivity contribution is -0.385. The number of ether oxygens (including phenoxy) is 1. The fraction of sp³-hybridized carbons (Fsp3) is 0.571. The lowest BCUT2D eigenvalue weighted by Gasteiger charge is -2.32. The maximum Gasteiger partial charge on any atom is 0.311 e. The average Bonchev–Trinajstić information content (AvgIpc) is 2.47. The fourth-order valence-electron chi connectivity index (χ4n) is 2.72. The van der Waals surface area contributed by atoms with Crippen LogP contribution in [0.4, 0.5) is 5.69 Å². The second-order valence-corrected chi connectivity index (χ2v) is 5.24. The Morgan fingerprint density at radius 2 is 2.35 bits per heavy atom. The van der Waals surface area contributed by atoms with E-state index in [1.54, 1.807) is 12.1 Å². The molecule has 0 bridgehead atoms. The molecular formula is C14H21N3O3. The monoisotopic (exact) mass is 279 g/mol. The maximum absolute atomic E-state index is 11.0. The van der Waals surface area contributed by atoms with Gasteiger partial charge in [0.1, 0.15) is 0 Å². The summed E-state index contributed by atoms with van der Waals surface area (Å²) in [5.74, 6) is 0.842. The zero-order valence-corrected chi connectivity index (χ0v) is 11.7. The molecule has 0 saturated carbocycles. The third kappa shape index (κ3) is 3.46. The Morgan fingerprint density at radius 1 is 1.55 bits per heavy atom. The van der Waals surface area contributed by atoms with Gasteiger partial charge in [-0.2, -0.15) is 0 Å². The molecule has 6 nitrogen and oxygen atoms in total. The number of nitro groups is 1. The molecule has 1 aliphatic heterocycles. The first kappa shape index (κ1) is 14.7. The summed E-state index contributed by atoms with van der Waals surface area (Å²) < 4.78 is 5.01. The van der Waals surface area contributed by atoms with Gasteiger partial charge in [-0.15, -0.1) is 0 Å². The Kier molecular flexibility index (Phi) is 4.92. The van der Waals surface area contributed by atoms with E-state index in [2.05, 4.69) is 4.90 Å². The van der Waals surface area contributed by atoms with E-state index in [-0.39, 0.29) is 5.69 Å². The molecular weight excluding hydrogens is 258 g/mol. The van der Waals surface area contributed by atoms with Gasteiger partial charge in [0.2, 0.25) is 0 Å². The first-order valence-corrected chi connectivity index (χ1v) is 6.87. The highest BCUT2D eigenvalue weighted by Gasteiger charge is 2.20. The third-order valence-electron chi connectivity index (χ3n) is 3.78. The molecule has 1 saturated heterocycles. The highest BCUT2D eigenvalue weighted by atomic mass is 16.6. The molecule has 1 atom stereocenters. The maximum atomic E-state index is 11.0. The summed E-state index contributed by atoms with van der Waals surface area (Å²) in [7, 11) is 1.44. The van der Waals surface area contributed by atoms with Crippen LogP contribution in [-0.2, 0) is 6.54 Å². The molecule has 2 N–H and O–H groups in total. The Balaban J connectivity index is 2.09. The van der Waals surface area contributed by atoms with E-state index >= 15 is 0 Å². The van der Waals surface area contributed by atoms with Crippen molar-refractivity contribution in [3.8, 4) is 5.75 Å². The van der Waals surface area contributed by atoms with Crippen LogP contribution in [0.25, 0.3) is 0 Å². The number of hydrogen-bond donors (Lipinski definition) is 1. The van der Waals surface area contributed by atoms with Gasteiger partial charge in [-0.1, -0.05) is 6.07 Å². The van der Waals surface area contributed by atoms with Crippen molar-refractivity contribution < 1.29 is 9.66 Å². The molecule has 0 radical (unpaired) electrons. The predicted molar refractivity (Wildman–Crippen MR) is 76.7 cm³/mol. The lowest BCUT2D eigenvalue weighted by atomic mass is 9.98. The number of benzene rings is 1. The van der Waals surface area contributed by atoms with E-state index in [1.807, 2.05) is 6.07 Å². The summed E-state index contributed by atoms with van der Waals surface area (Å²) in [4.78, 5) is 12.9. The van der Waals surface area contributed by atoms with Gasteiger partial charge in [0.05, 0.1) is 12.0 Å². The van der Waals surface area contributed by atoms with Crippen LogP contribution < -0.4 is 10.5 Å². The van der Waals surface area contributed by atoms with Gasteiger partial charge in [-0.25, -0.2) is 0 Å². The van der Waals surface area contributed by atoms with Crippen molar-refractivity contribution >= 4 is 5.69 Å². The Morgan fingerprint density at radius 3 is 3.00 bits per heavy atom. The number of likely N-dealkylation sites (tertiary alicyclic amines) is 1. The van der Waals surface area contributed by atoms with Gasteiger partial charge in [-0.3, -0.25) is 15.0 Å². The van der Waals surface area contributed by atoms with Gasteiger partial charge in [0, 0.05) is 19.2 Å². The standard InChI is InChI=1S/C14H21N3O3/c1-20-14-5-4-11(7-13(14)17(18)19)9-16-6-2-3-12(8-15)10-16/h4-5,7,12H,2-3,6,8-10,15H2,1H3. The first-order chi connectivity index (χ1) is 9.63. The summed E-state index contributed by atoms with van der Waals surface area (Å²) in [6.45, 7) is 3.42. The van der Waals surface area contributed by atoms with Crippen molar-refractivity contribution in [2.75, 3.05) is 26.7 Å². The van der Waals surface area contributed by atoms with Gasteiger partial charge in [0.15, 0.2) is 5.75 Å². The van der Waals surface area contributed by atoms with Crippen molar-refractivity contribution in [2.45, 2.75) is 19.4 Å². The van der Waals surface area contributed by atoms with Crippen molar-refractivity contribution in [2.24, 2.45) is 11.7 Å². The van der Waals surface area contributed by atoms with Crippen LogP contribution in [0.5, 0.6) is 5.75 Å². The quantitative estimate of drug-likeness (QED) is 0.656. The molecule has 1 fully saturated rings. The minimum Gasteiger partial charge on any atom is -0.490 e. The van der Waals surface area contributed by atoms with E-state index in [4.69, 9.17) is 10.5 Å². The number of nitrogens with two attached hydrogens (primary N) is 1. The smallest absolute Gasteiger partial charge is 0.311 e. The number of methoxy groups -OCH3 is 1. The SMILES string of the molecule is COc1ccc(CN2CCCC(CN)C2)cc1[N+](=O)[O-]. The van der Waals surface area contributed by atoms with Crippen LogP contribution >= 0.6 is 0 Å². The largest absolute Gasteiger partial charge is 0.490 e. The topological polar surface area (TPSA) is 81.6 Å². The Hall–Kier alpha value is -1.66. The van der Waals surface area contributed by atoms with Gasteiger partial charge in [0.25, 0.3) is 0 Å². The number of hydrogen-bond acceptors (Lipinski definition) is 5. The highest BCUT2D eigenvalue weighted by molar-refractivity contribution is 5.48. The molecule has 20 heavy (non-hydrogen) atoms. The van der Waals surface area contributed by atoms with Crippen LogP contribution in [-0.4, -0.2) is 36.6 Å². The van der Waals surface area contributed by atoms with Gasteiger partial charge >= 0.3 is 5.69 Å². The summed E-state index contributed by atoms with van der Waals surface area (Å²) >= 11 is 0. The van der Waals surface area contributed by atoms with Crippen LogP contribution in [0.3, 0.4) is 0 Å². The minimum absolute atomic E-state index is 0.0254. The van der Waals surface area contributed by atoms with E-state index in [1.165, 1.54) is 13.5 Å². The zero-order chi connectivity index (χ0) is 14.5. The average molecular weight is 279 g/mol. The molecule has 1 heterocycles. The number of nitrogens with zero attached hydrogens (tertiary/aromatic N) is 2. The highest BCUT2D eigenvalue weighted by Crippen LogP contribution is 2.28. The normalized spacial score (nSPS) is 19.8. The van der Waals surface area contributed by atoms with Gasteiger partial charge in [-0.05, 0) is 43.5 Å². The molecule has 1 aliphatic rings. The van der Waals surface area contributed by atoms with Crippen molar-refractivity contribution in [3.05, 3.63) is 33.9 Å². The molecule has 1 aromatic carbocycles. The van der Waals surface area contributed by atoms with Crippen LogP contribution in [0.2, 0.25) is 0 Å². The molecule has 2 rings (SSSR count). The van der Waals surface area contributed by atoms with E-state index in [9.17, 15) is 10.1 Å². The van der Waals surface area contributed by atoms with E-state index < -0.39 is 4.92 Å². The zero-order valence-electron chi connectivity index (χ0n) is 11.7. The molecule has 6 heteroatoms. The second-order valence-electron chi connectivity index (χ2n) is 5.24. The number of nitro benzene ring substituents is 1. The Labute approximate surface area is 118 Å². The van der Waals surface area contributed by atoms with Crippen molar-refractivity contribution in [1.29, 1.82) is 0 Å². The first-order valence-electron chi connectivity index (χ1n) is 6.87. The Bertz CT molecular complexity index is 479. The molecule has 0 aliphatic carbocycles. The molecule has 0 spiro atoms. The molecule has 0 amide bonds. The molecule has 110 valence electrons. The van der Waals surface area contributed by atoms with Crippen molar-refractivity contribution in [1.82, 2.24) is 4.90 Å². The fourth-order valence-corrected chi connectivity index (χ4v) is 2.72. The van der Waals surface area contributed by atoms with Crippen LogP contribution in [0.15, 0.2) is 18.2 Å². The third-order valence-corrected chi connectivity index (χ3v) is 3.78. The summed E-state index contributed by atoms with van der Waals surface area (Å²) in [6.07, 6.45) is 2.32. The van der Waals surface area contributed by atoms with E-state index in [0.717, 1.165) is 31.6 Å². The molecule has 1 unspecified atom stereocenters. The predicted octanol–water partition coefficient (Wildman–Crippen LogP) is 1.77. The lowest BCUT2D eigenvalue weighted by Crippen LogP contribution is -2.37. The second kappa shape index (κ2) is 6.67. The summed E-state index contributed by atoms with van der Waals surface area (Å²) in [6, 6.07) is 5.15. The van der Waals surface area contributed by atoms with Crippen molar-refractivity contribution in [3.63, 3.8) is 0 Å². The molecule has 0 aromatic heterocycles. The van der Waals surface area contributed by atoms with Gasteiger partial charge < -0.3 is 10.5 Å². The number of piperidine rings is 1. The summed E-state index contributed by atoms with van der Waals surface area (Å²) in [5, 5.41) is 11.0. The van der Waals surface area contributed by atoms with E-state index in [0.29, 0.717) is 18.2 Å².